The number of benzene rings is 3. The summed E-state index contributed by atoms with van der Waals surface area (Å²) in [5, 5.41) is 4.69. The number of halogens is 1. The molecule has 0 heterocycles. The molecule has 0 spiro atoms. The molecule has 132 valence electrons. The Labute approximate surface area is 151 Å². The highest BCUT2D eigenvalue weighted by Gasteiger charge is 2.15. The fourth-order valence-corrected chi connectivity index (χ4v) is 2.81. The molecule has 0 bridgehead atoms. The Morgan fingerprint density at radius 3 is 2.54 bits per heavy atom. The summed E-state index contributed by atoms with van der Waals surface area (Å²) in [6.07, 6.45) is 0.213. The van der Waals surface area contributed by atoms with Crippen molar-refractivity contribution in [2.45, 2.75) is 6.42 Å². The van der Waals surface area contributed by atoms with Gasteiger partial charge in [-0.25, -0.2) is 4.39 Å². The first-order valence-electron chi connectivity index (χ1n) is 8.29. The number of hydrogen-bond donors (Lipinski definition) is 1. The van der Waals surface area contributed by atoms with E-state index in [1.54, 1.807) is 13.1 Å². The number of carbonyl (C=O) groups is 2. The minimum Gasteiger partial charge on any atom is -0.336 e. The zero-order chi connectivity index (χ0) is 18.5. The number of likely N-dealkylation sites (N-methyl/N-ethyl adjacent to an activating group) is 1. The monoisotopic (exact) mass is 350 g/mol. The molecule has 0 unspecified atom stereocenters. The van der Waals surface area contributed by atoms with E-state index in [1.165, 1.54) is 23.1 Å². The topological polar surface area (TPSA) is 49.4 Å². The zero-order valence-electron chi connectivity index (χ0n) is 14.4. The summed E-state index contributed by atoms with van der Waals surface area (Å²) >= 11 is 0. The summed E-state index contributed by atoms with van der Waals surface area (Å²) in [5.41, 5.74) is 1.29. The van der Waals surface area contributed by atoms with Crippen LogP contribution in [0.3, 0.4) is 0 Å². The summed E-state index contributed by atoms with van der Waals surface area (Å²) in [7, 11) is 1.58. The smallest absolute Gasteiger partial charge is 0.243 e. The van der Waals surface area contributed by atoms with Crippen molar-refractivity contribution in [1.29, 1.82) is 0 Å². The number of nitrogens with zero attached hydrogens (tertiary/aromatic N) is 1. The quantitative estimate of drug-likeness (QED) is 0.764. The maximum Gasteiger partial charge on any atom is 0.243 e. The van der Waals surface area contributed by atoms with Gasteiger partial charge in [0.1, 0.15) is 5.82 Å². The lowest BCUT2D eigenvalue weighted by Gasteiger charge is -2.17. The van der Waals surface area contributed by atoms with Gasteiger partial charge in [0.2, 0.25) is 11.8 Å². The molecule has 0 fully saturated rings. The van der Waals surface area contributed by atoms with E-state index in [9.17, 15) is 14.0 Å². The summed E-state index contributed by atoms with van der Waals surface area (Å²) in [6.45, 7) is -0.0971. The molecular weight excluding hydrogens is 331 g/mol. The summed E-state index contributed by atoms with van der Waals surface area (Å²) in [4.78, 5) is 25.9. The summed E-state index contributed by atoms with van der Waals surface area (Å²) in [6, 6.07) is 19.4. The SMILES string of the molecule is CN(CC(=O)Nc1cccc(F)c1)C(=O)Cc1cccc2ccccc12. The highest BCUT2D eigenvalue weighted by molar-refractivity contribution is 5.95. The van der Waals surface area contributed by atoms with Gasteiger partial charge in [0.05, 0.1) is 13.0 Å². The van der Waals surface area contributed by atoms with E-state index >= 15 is 0 Å². The standard InChI is InChI=1S/C21H19FN2O2/c1-24(14-20(25)23-18-10-5-9-17(22)13-18)21(26)12-16-8-4-7-15-6-2-3-11-19(15)16/h2-11,13H,12,14H2,1H3,(H,23,25). The van der Waals surface area contributed by atoms with Gasteiger partial charge in [0.15, 0.2) is 0 Å². The molecule has 0 aromatic heterocycles. The largest absolute Gasteiger partial charge is 0.336 e. The molecule has 0 saturated carbocycles. The van der Waals surface area contributed by atoms with Crippen molar-refractivity contribution in [3.05, 3.63) is 78.1 Å². The van der Waals surface area contributed by atoms with Crippen molar-refractivity contribution in [2.24, 2.45) is 0 Å². The maximum absolute atomic E-state index is 13.2. The van der Waals surface area contributed by atoms with Gasteiger partial charge in [-0.05, 0) is 34.5 Å². The number of hydrogen-bond acceptors (Lipinski definition) is 2. The Morgan fingerprint density at radius 1 is 1.00 bits per heavy atom. The number of anilines is 1. The van der Waals surface area contributed by atoms with Crippen LogP contribution in [0.1, 0.15) is 5.56 Å². The lowest BCUT2D eigenvalue weighted by atomic mass is 10.0. The van der Waals surface area contributed by atoms with Crippen LogP contribution in [0.5, 0.6) is 0 Å². The number of rotatable bonds is 5. The Morgan fingerprint density at radius 2 is 1.73 bits per heavy atom. The highest BCUT2D eigenvalue weighted by Crippen LogP contribution is 2.19. The first-order valence-corrected chi connectivity index (χ1v) is 8.29. The average Bonchev–Trinajstić information content (AvgIpc) is 2.62. The third kappa shape index (κ3) is 4.25. The molecule has 3 aromatic carbocycles. The molecule has 0 saturated heterocycles. The molecule has 0 aliphatic heterocycles. The van der Waals surface area contributed by atoms with Gasteiger partial charge in [-0.3, -0.25) is 9.59 Å². The Hall–Kier alpha value is -3.21. The number of nitrogens with one attached hydrogen (secondary N) is 1. The Balaban J connectivity index is 1.63. The third-order valence-electron chi connectivity index (χ3n) is 4.14. The van der Waals surface area contributed by atoms with E-state index in [1.807, 2.05) is 42.5 Å². The first kappa shape index (κ1) is 17.6. The predicted molar refractivity (Wildman–Crippen MR) is 100 cm³/mol. The van der Waals surface area contributed by atoms with Gasteiger partial charge in [-0.1, -0.05) is 48.5 Å². The summed E-state index contributed by atoms with van der Waals surface area (Å²) < 4.78 is 13.2. The van der Waals surface area contributed by atoms with Crippen molar-refractivity contribution in [2.75, 3.05) is 18.9 Å². The van der Waals surface area contributed by atoms with Crippen molar-refractivity contribution < 1.29 is 14.0 Å². The van der Waals surface area contributed by atoms with Crippen LogP contribution in [0.4, 0.5) is 10.1 Å². The van der Waals surface area contributed by atoms with Crippen LogP contribution in [-0.2, 0) is 16.0 Å². The lowest BCUT2D eigenvalue weighted by Crippen LogP contribution is -2.35. The van der Waals surface area contributed by atoms with Crippen molar-refractivity contribution >= 4 is 28.3 Å². The molecule has 3 rings (SSSR count). The normalized spacial score (nSPS) is 10.5. The minimum atomic E-state index is -0.428. The fourth-order valence-electron chi connectivity index (χ4n) is 2.81. The molecule has 4 nitrogen and oxygen atoms in total. The lowest BCUT2D eigenvalue weighted by molar-refractivity contribution is -0.132. The van der Waals surface area contributed by atoms with Crippen LogP contribution < -0.4 is 5.32 Å². The second kappa shape index (κ2) is 7.78. The molecule has 5 heteroatoms. The van der Waals surface area contributed by atoms with Crippen LogP contribution in [0.2, 0.25) is 0 Å². The number of amides is 2. The molecule has 0 atom stereocenters. The van der Waals surface area contributed by atoms with E-state index < -0.39 is 5.82 Å². The van der Waals surface area contributed by atoms with Gasteiger partial charge < -0.3 is 10.2 Å². The molecule has 26 heavy (non-hydrogen) atoms. The average molecular weight is 350 g/mol. The Kier molecular flexibility index (Phi) is 5.27. The van der Waals surface area contributed by atoms with Gasteiger partial charge in [0, 0.05) is 12.7 Å². The van der Waals surface area contributed by atoms with Gasteiger partial charge in [0.25, 0.3) is 0 Å². The second-order valence-electron chi connectivity index (χ2n) is 6.12. The van der Waals surface area contributed by atoms with Crippen molar-refractivity contribution in [1.82, 2.24) is 4.90 Å². The predicted octanol–water partition coefficient (Wildman–Crippen LogP) is 3.62. The van der Waals surface area contributed by atoms with E-state index in [-0.39, 0.29) is 24.8 Å². The number of carbonyl (C=O) groups excluding carboxylic acids is 2. The fraction of sp³-hybridized carbons (Fsp3) is 0.143. The molecule has 0 radical (unpaired) electrons. The zero-order valence-corrected chi connectivity index (χ0v) is 14.4. The molecule has 3 aromatic rings. The molecule has 0 aliphatic carbocycles. The molecule has 1 N–H and O–H groups in total. The first-order chi connectivity index (χ1) is 12.5. The van der Waals surface area contributed by atoms with Crippen LogP contribution >= 0.6 is 0 Å². The molecule has 0 aliphatic rings. The van der Waals surface area contributed by atoms with Gasteiger partial charge >= 0.3 is 0 Å². The second-order valence-corrected chi connectivity index (χ2v) is 6.12. The minimum absolute atomic E-state index is 0.0971. The van der Waals surface area contributed by atoms with Crippen molar-refractivity contribution in [3.63, 3.8) is 0 Å². The van der Waals surface area contributed by atoms with Crippen LogP contribution in [0.25, 0.3) is 10.8 Å². The third-order valence-corrected chi connectivity index (χ3v) is 4.14. The van der Waals surface area contributed by atoms with E-state index in [0.29, 0.717) is 5.69 Å². The van der Waals surface area contributed by atoms with Gasteiger partial charge in [-0.2, -0.15) is 0 Å². The van der Waals surface area contributed by atoms with Crippen LogP contribution in [-0.4, -0.2) is 30.3 Å². The Bertz CT molecular complexity index is 950. The van der Waals surface area contributed by atoms with Crippen LogP contribution in [0.15, 0.2) is 66.7 Å². The van der Waals surface area contributed by atoms with Crippen LogP contribution in [0, 0.1) is 5.82 Å². The highest BCUT2D eigenvalue weighted by atomic mass is 19.1. The van der Waals surface area contributed by atoms with E-state index in [0.717, 1.165) is 16.3 Å². The van der Waals surface area contributed by atoms with E-state index in [2.05, 4.69) is 5.32 Å². The van der Waals surface area contributed by atoms with E-state index in [4.69, 9.17) is 0 Å². The maximum atomic E-state index is 13.2. The van der Waals surface area contributed by atoms with Gasteiger partial charge in [-0.15, -0.1) is 0 Å². The summed E-state index contributed by atoms with van der Waals surface area (Å²) in [5.74, 6) is -0.955. The molecular formula is C21H19FN2O2. The number of fused-ring (bicyclic) bond motifs is 1. The van der Waals surface area contributed by atoms with Crippen molar-refractivity contribution in [3.8, 4) is 0 Å². The molecule has 2 amide bonds.